The Labute approximate surface area is 77.2 Å². The lowest BCUT2D eigenvalue weighted by molar-refractivity contribution is -0.119. The highest BCUT2D eigenvalue weighted by atomic mass is 35.5. The first-order valence-electron chi connectivity index (χ1n) is 3.02. The Bertz CT molecular complexity index is 413. The molecule has 1 aliphatic rings. The van der Waals surface area contributed by atoms with Crippen LogP contribution in [0.1, 0.15) is 0 Å². The Morgan fingerprint density at radius 2 is 1.69 bits per heavy atom. The fourth-order valence-electron chi connectivity index (χ4n) is 0.754. The molecule has 66 valence electrons. The minimum Gasteiger partial charge on any atom is -0.503 e. The first kappa shape index (κ1) is 9.29. The number of nitriles is 1. The number of ketones is 2. The summed E-state index contributed by atoms with van der Waals surface area (Å²) in [7, 11) is 0. The number of hydrogen-bond acceptors (Lipinski definition) is 5. The number of carbonyl (C=O) groups excluding carboxylic acids is 2. The monoisotopic (exact) mass is 199 g/mol. The summed E-state index contributed by atoms with van der Waals surface area (Å²) in [4.78, 5) is 21.8. The molecule has 0 saturated heterocycles. The number of aliphatic hydroxyl groups excluding tert-OH is 2. The molecule has 0 bridgehead atoms. The Balaban J connectivity index is 3.40. The summed E-state index contributed by atoms with van der Waals surface area (Å²) in [5, 5.41) is 25.4. The van der Waals surface area contributed by atoms with E-state index in [4.69, 9.17) is 27.1 Å². The van der Waals surface area contributed by atoms with Crippen LogP contribution in [0.2, 0.25) is 0 Å². The van der Waals surface area contributed by atoms with E-state index in [1.54, 1.807) is 0 Å². The van der Waals surface area contributed by atoms with Crippen molar-refractivity contribution >= 4 is 23.2 Å². The lowest BCUT2D eigenvalue weighted by Crippen LogP contribution is -2.21. The predicted octanol–water partition coefficient (Wildman–Crippen LogP) is 0.482. The molecule has 0 aromatic heterocycles. The van der Waals surface area contributed by atoms with Gasteiger partial charge < -0.3 is 10.2 Å². The molecule has 0 unspecified atom stereocenters. The molecule has 0 aromatic rings. The standard InChI is InChI=1S/C7H2ClNO4/c8-3-6(12)4(10)2(1-9)5(11)7(3)13/h10,13H. The first-order valence-corrected chi connectivity index (χ1v) is 3.40. The molecule has 1 rings (SSSR count). The van der Waals surface area contributed by atoms with Gasteiger partial charge in [0.05, 0.1) is 0 Å². The molecule has 0 aliphatic heterocycles. The van der Waals surface area contributed by atoms with Crippen LogP contribution in [0, 0.1) is 11.3 Å². The summed E-state index contributed by atoms with van der Waals surface area (Å²) >= 11 is 5.19. The van der Waals surface area contributed by atoms with E-state index in [2.05, 4.69) is 0 Å². The largest absolute Gasteiger partial charge is 0.503 e. The molecular weight excluding hydrogens is 198 g/mol. The number of aliphatic hydroxyl groups is 2. The van der Waals surface area contributed by atoms with Crippen molar-refractivity contribution in [3.05, 3.63) is 22.1 Å². The molecule has 0 radical (unpaired) electrons. The second-order valence-corrected chi connectivity index (χ2v) is 2.53. The van der Waals surface area contributed by atoms with Crippen LogP contribution >= 0.6 is 11.6 Å². The molecule has 0 amide bonds. The quantitative estimate of drug-likeness (QED) is 0.553. The van der Waals surface area contributed by atoms with Crippen LogP contribution in [-0.4, -0.2) is 21.8 Å². The van der Waals surface area contributed by atoms with Crippen LogP contribution in [0.15, 0.2) is 22.1 Å². The van der Waals surface area contributed by atoms with Crippen LogP contribution < -0.4 is 0 Å². The third-order valence-corrected chi connectivity index (χ3v) is 1.76. The van der Waals surface area contributed by atoms with Crippen LogP contribution in [0.3, 0.4) is 0 Å². The fraction of sp³-hybridized carbons (Fsp3) is 0. The van der Waals surface area contributed by atoms with Crippen molar-refractivity contribution in [2.75, 3.05) is 0 Å². The van der Waals surface area contributed by atoms with Crippen molar-refractivity contribution in [1.82, 2.24) is 0 Å². The summed E-state index contributed by atoms with van der Waals surface area (Å²) in [6.45, 7) is 0. The van der Waals surface area contributed by atoms with Crippen LogP contribution in [-0.2, 0) is 9.59 Å². The molecule has 6 heteroatoms. The summed E-state index contributed by atoms with van der Waals surface area (Å²) in [5.74, 6) is -4.32. The van der Waals surface area contributed by atoms with Gasteiger partial charge in [-0.1, -0.05) is 11.6 Å². The Morgan fingerprint density at radius 1 is 1.15 bits per heavy atom. The van der Waals surface area contributed by atoms with Gasteiger partial charge in [0.2, 0.25) is 11.6 Å². The second kappa shape index (κ2) is 2.92. The minimum absolute atomic E-state index is 0.776. The van der Waals surface area contributed by atoms with Crippen molar-refractivity contribution in [3.63, 3.8) is 0 Å². The number of allylic oxidation sites excluding steroid dienone is 2. The molecule has 0 saturated carbocycles. The Morgan fingerprint density at radius 3 is 2.15 bits per heavy atom. The molecule has 0 heterocycles. The van der Waals surface area contributed by atoms with Gasteiger partial charge in [0.1, 0.15) is 16.7 Å². The number of nitrogens with zero attached hydrogens (tertiary/aromatic N) is 1. The Kier molecular flexibility index (Phi) is 2.09. The van der Waals surface area contributed by atoms with Gasteiger partial charge in [-0.2, -0.15) is 5.26 Å². The highest BCUT2D eigenvalue weighted by Gasteiger charge is 2.34. The fourth-order valence-corrected chi connectivity index (χ4v) is 0.930. The maximum absolute atomic E-state index is 10.9. The second-order valence-electron chi connectivity index (χ2n) is 2.16. The molecule has 0 fully saturated rings. The van der Waals surface area contributed by atoms with Gasteiger partial charge in [0.15, 0.2) is 11.5 Å². The minimum atomic E-state index is -1.15. The zero-order valence-corrected chi connectivity index (χ0v) is 6.79. The predicted molar refractivity (Wildman–Crippen MR) is 40.8 cm³/mol. The molecule has 13 heavy (non-hydrogen) atoms. The van der Waals surface area contributed by atoms with Gasteiger partial charge in [-0.05, 0) is 0 Å². The zero-order chi connectivity index (χ0) is 10.2. The van der Waals surface area contributed by atoms with Crippen molar-refractivity contribution in [2.24, 2.45) is 0 Å². The Hall–Kier alpha value is -1.80. The number of rotatable bonds is 0. The third kappa shape index (κ3) is 1.17. The molecule has 1 aliphatic carbocycles. The van der Waals surface area contributed by atoms with Gasteiger partial charge in [0, 0.05) is 0 Å². The van der Waals surface area contributed by atoms with Crippen LogP contribution in [0.5, 0.6) is 0 Å². The maximum atomic E-state index is 10.9. The normalized spacial score (nSPS) is 17.8. The van der Waals surface area contributed by atoms with E-state index in [1.165, 1.54) is 6.07 Å². The van der Waals surface area contributed by atoms with E-state index in [9.17, 15) is 9.59 Å². The maximum Gasteiger partial charge on any atom is 0.244 e. The van der Waals surface area contributed by atoms with Crippen LogP contribution in [0.4, 0.5) is 0 Å². The van der Waals surface area contributed by atoms with Gasteiger partial charge in [-0.3, -0.25) is 9.59 Å². The number of carbonyl (C=O) groups is 2. The van der Waals surface area contributed by atoms with Crippen LogP contribution in [0.25, 0.3) is 0 Å². The molecular formula is C7H2ClNO4. The van der Waals surface area contributed by atoms with Crippen molar-refractivity contribution < 1.29 is 19.8 Å². The van der Waals surface area contributed by atoms with Crippen molar-refractivity contribution in [1.29, 1.82) is 5.26 Å². The molecule has 2 N–H and O–H groups in total. The van der Waals surface area contributed by atoms with Crippen molar-refractivity contribution in [3.8, 4) is 6.07 Å². The van der Waals surface area contributed by atoms with E-state index in [0.29, 0.717) is 0 Å². The van der Waals surface area contributed by atoms with Gasteiger partial charge in [-0.15, -0.1) is 0 Å². The first-order chi connectivity index (χ1) is 6.00. The average Bonchev–Trinajstić information content (AvgIpc) is 2.13. The van der Waals surface area contributed by atoms with E-state index in [0.717, 1.165) is 0 Å². The van der Waals surface area contributed by atoms with Crippen molar-refractivity contribution in [2.45, 2.75) is 0 Å². The van der Waals surface area contributed by atoms with Gasteiger partial charge in [0.25, 0.3) is 0 Å². The SMILES string of the molecule is N#CC1=C(O)C(=O)C(Cl)=C(O)C1=O. The number of halogens is 1. The van der Waals surface area contributed by atoms with E-state index in [-0.39, 0.29) is 0 Å². The molecule has 0 atom stereocenters. The highest BCUT2D eigenvalue weighted by Crippen LogP contribution is 2.23. The van der Waals surface area contributed by atoms with Gasteiger partial charge >= 0.3 is 0 Å². The summed E-state index contributed by atoms with van der Waals surface area (Å²) in [5.41, 5.74) is -0.799. The third-order valence-electron chi connectivity index (χ3n) is 1.41. The summed E-state index contributed by atoms with van der Waals surface area (Å²) in [6, 6.07) is 1.29. The number of hydrogen-bond donors (Lipinski definition) is 2. The molecule has 5 nitrogen and oxygen atoms in total. The lowest BCUT2D eigenvalue weighted by Gasteiger charge is -2.08. The van der Waals surface area contributed by atoms with E-state index >= 15 is 0 Å². The summed E-state index contributed by atoms with van der Waals surface area (Å²) in [6.07, 6.45) is 0. The smallest absolute Gasteiger partial charge is 0.244 e. The summed E-state index contributed by atoms with van der Waals surface area (Å²) < 4.78 is 0. The highest BCUT2D eigenvalue weighted by molar-refractivity contribution is 6.49. The molecule has 0 spiro atoms. The lowest BCUT2D eigenvalue weighted by atomic mass is 10.0. The average molecular weight is 200 g/mol. The van der Waals surface area contributed by atoms with E-state index < -0.39 is 33.7 Å². The zero-order valence-electron chi connectivity index (χ0n) is 6.04. The van der Waals surface area contributed by atoms with E-state index in [1.807, 2.05) is 0 Å². The molecule has 0 aromatic carbocycles. The number of Topliss-reactive ketones (excluding diaryl/α,β-unsaturated/α-hetero) is 2. The van der Waals surface area contributed by atoms with Gasteiger partial charge in [-0.25, -0.2) is 0 Å². The topological polar surface area (TPSA) is 98.4 Å².